The normalized spacial score (nSPS) is 12.9. The van der Waals surface area contributed by atoms with Crippen molar-refractivity contribution < 1.29 is 9.90 Å². The lowest BCUT2D eigenvalue weighted by Gasteiger charge is -2.20. The molecular weight excluding hydrogens is 226 g/mol. The molecule has 18 heavy (non-hydrogen) atoms. The molecule has 0 aliphatic rings. The van der Waals surface area contributed by atoms with E-state index >= 15 is 0 Å². The maximum absolute atomic E-state index is 10.8. The minimum Gasteiger partial charge on any atom is -0.392 e. The number of Topliss-reactive ketones (excluding diaryl/α,β-unsaturated/α-hetero) is 1. The summed E-state index contributed by atoms with van der Waals surface area (Å²) in [6.07, 6.45) is 8.16. The molecule has 0 radical (unpaired) electrons. The Balaban J connectivity index is 3.42. The second-order valence-corrected chi connectivity index (χ2v) is 5.42. The molecule has 0 fully saturated rings. The van der Waals surface area contributed by atoms with E-state index in [1.54, 1.807) is 6.92 Å². The van der Waals surface area contributed by atoms with Gasteiger partial charge in [0.15, 0.2) is 0 Å². The molecule has 0 aromatic rings. The summed E-state index contributed by atoms with van der Waals surface area (Å²) in [5.41, 5.74) is 0. The van der Waals surface area contributed by atoms with Crippen LogP contribution >= 0.6 is 0 Å². The highest BCUT2D eigenvalue weighted by molar-refractivity contribution is 5.75. The molecule has 1 atom stereocenters. The summed E-state index contributed by atoms with van der Waals surface area (Å²) in [6.45, 7) is 5.67. The summed E-state index contributed by atoms with van der Waals surface area (Å²) in [7, 11) is 2.07. The molecule has 0 aromatic heterocycles. The lowest BCUT2D eigenvalue weighted by atomic mass is 10.1. The third-order valence-electron chi connectivity index (χ3n) is 3.23. The van der Waals surface area contributed by atoms with Crippen LogP contribution in [0.3, 0.4) is 0 Å². The number of unbranched alkanes of at least 4 members (excludes halogenated alkanes) is 4. The lowest BCUT2D eigenvalue weighted by Crippen LogP contribution is -2.29. The van der Waals surface area contributed by atoms with E-state index in [0.29, 0.717) is 6.42 Å². The average molecular weight is 257 g/mol. The fourth-order valence-corrected chi connectivity index (χ4v) is 2.10. The van der Waals surface area contributed by atoms with Crippen LogP contribution in [0, 0.1) is 0 Å². The average Bonchev–Trinajstić information content (AvgIpc) is 2.30. The fraction of sp³-hybridized carbons (Fsp3) is 0.933. The molecule has 0 saturated carbocycles. The maximum Gasteiger partial charge on any atom is 0.129 e. The summed E-state index contributed by atoms with van der Waals surface area (Å²) in [5.74, 6) is 0.248. The molecular formula is C15H31NO2. The van der Waals surface area contributed by atoms with Gasteiger partial charge in [0, 0.05) is 13.0 Å². The molecule has 0 aliphatic carbocycles. The zero-order valence-electron chi connectivity index (χ0n) is 12.5. The minimum absolute atomic E-state index is 0.242. The number of ketones is 1. The van der Waals surface area contributed by atoms with Crippen LogP contribution in [0.4, 0.5) is 0 Å². The molecule has 0 aliphatic heterocycles. The van der Waals surface area contributed by atoms with E-state index < -0.39 is 0 Å². The molecule has 0 bridgehead atoms. The van der Waals surface area contributed by atoms with Crippen LogP contribution in [-0.4, -0.2) is 42.0 Å². The summed E-state index contributed by atoms with van der Waals surface area (Å²) >= 11 is 0. The second kappa shape index (κ2) is 11.7. The van der Waals surface area contributed by atoms with Gasteiger partial charge >= 0.3 is 0 Å². The van der Waals surface area contributed by atoms with Gasteiger partial charge in [-0.3, -0.25) is 0 Å². The van der Waals surface area contributed by atoms with Crippen molar-refractivity contribution in [1.82, 2.24) is 4.90 Å². The molecule has 108 valence electrons. The van der Waals surface area contributed by atoms with Crippen molar-refractivity contribution in [3.8, 4) is 0 Å². The van der Waals surface area contributed by atoms with E-state index in [9.17, 15) is 9.90 Å². The number of aliphatic hydroxyl groups is 1. The molecule has 1 N–H and O–H groups in total. The van der Waals surface area contributed by atoms with Gasteiger partial charge in [-0.25, -0.2) is 0 Å². The molecule has 1 unspecified atom stereocenters. The Morgan fingerprint density at radius 2 is 1.89 bits per heavy atom. The first kappa shape index (κ1) is 17.6. The third kappa shape index (κ3) is 12.1. The van der Waals surface area contributed by atoms with Crippen LogP contribution in [0.15, 0.2) is 0 Å². The maximum atomic E-state index is 10.8. The third-order valence-corrected chi connectivity index (χ3v) is 3.23. The van der Waals surface area contributed by atoms with Gasteiger partial charge in [-0.15, -0.1) is 0 Å². The van der Waals surface area contributed by atoms with Gasteiger partial charge in [0.25, 0.3) is 0 Å². The molecule has 0 amide bonds. The number of carbonyl (C=O) groups is 1. The van der Waals surface area contributed by atoms with Gasteiger partial charge in [0.2, 0.25) is 0 Å². The second-order valence-electron chi connectivity index (χ2n) is 5.42. The van der Waals surface area contributed by atoms with Crippen molar-refractivity contribution in [2.24, 2.45) is 0 Å². The van der Waals surface area contributed by atoms with Gasteiger partial charge in [-0.2, -0.15) is 0 Å². The van der Waals surface area contributed by atoms with E-state index in [2.05, 4.69) is 18.9 Å². The van der Waals surface area contributed by atoms with Crippen LogP contribution in [0.25, 0.3) is 0 Å². The predicted molar refractivity (Wildman–Crippen MR) is 76.8 cm³/mol. The molecule has 3 nitrogen and oxygen atoms in total. The van der Waals surface area contributed by atoms with Crippen LogP contribution in [-0.2, 0) is 4.79 Å². The molecule has 0 rings (SSSR count). The Morgan fingerprint density at radius 3 is 2.50 bits per heavy atom. The highest BCUT2D eigenvalue weighted by Crippen LogP contribution is 2.06. The molecule has 0 spiro atoms. The summed E-state index contributed by atoms with van der Waals surface area (Å²) in [4.78, 5) is 13.0. The Labute approximate surface area is 113 Å². The highest BCUT2D eigenvalue weighted by atomic mass is 16.3. The van der Waals surface area contributed by atoms with Crippen molar-refractivity contribution in [1.29, 1.82) is 0 Å². The number of likely N-dealkylation sites (N-methyl/N-ethyl adjacent to an activating group) is 1. The largest absolute Gasteiger partial charge is 0.392 e. The number of rotatable bonds is 12. The number of aliphatic hydroxyl groups excluding tert-OH is 1. The van der Waals surface area contributed by atoms with Crippen molar-refractivity contribution in [3.05, 3.63) is 0 Å². The summed E-state index contributed by atoms with van der Waals surface area (Å²) in [6, 6.07) is 0. The van der Waals surface area contributed by atoms with Crippen molar-refractivity contribution >= 4 is 5.78 Å². The quantitative estimate of drug-likeness (QED) is 0.546. The van der Waals surface area contributed by atoms with Crippen LogP contribution in [0.5, 0.6) is 0 Å². The van der Waals surface area contributed by atoms with Crippen molar-refractivity contribution in [3.63, 3.8) is 0 Å². The van der Waals surface area contributed by atoms with Gasteiger partial charge in [0.05, 0.1) is 6.10 Å². The van der Waals surface area contributed by atoms with Gasteiger partial charge < -0.3 is 14.8 Å². The molecule has 3 heteroatoms. The monoisotopic (exact) mass is 257 g/mol. The number of hydrogen-bond acceptors (Lipinski definition) is 3. The Morgan fingerprint density at radius 1 is 1.17 bits per heavy atom. The van der Waals surface area contributed by atoms with Gasteiger partial charge in [-0.1, -0.05) is 32.6 Å². The van der Waals surface area contributed by atoms with E-state index in [0.717, 1.165) is 32.4 Å². The first-order chi connectivity index (χ1) is 8.56. The van der Waals surface area contributed by atoms with Gasteiger partial charge in [0.1, 0.15) is 5.78 Å². The Hall–Kier alpha value is -0.410. The molecule has 0 saturated heterocycles. The minimum atomic E-state index is -0.242. The zero-order valence-corrected chi connectivity index (χ0v) is 12.5. The van der Waals surface area contributed by atoms with Crippen LogP contribution in [0.2, 0.25) is 0 Å². The Kier molecular flexibility index (Phi) is 11.4. The SMILES string of the molecule is CCCCCCN(C)CC(O)CCCCC(C)=O. The van der Waals surface area contributed by atoms with E-state index in [1.165, 1.54) is 25.7 Å². The van der Waals surface area contributed by atoms with Crippen molar-refractivity contribution in [2.45, 2.75) is 71.3 Å². The first-order valence-electron chi connectivity index (χ1n) is 7.42. The standard InChI is InChI=1S/C15H31NO2/c1-4-5-6-9-12-16(3)13-15(18)11-8-7-10-14(2)17/h15,18H,4-13H2,1-3H3. The lowest BCUT2D eigenvalue weighted by molar-refractivity contribution is -0.117. The fourth-order valence-electron chi connectivity index (χ4n) is 2.10. The Bertz CT molecular complexity index is 207. The molecule has 0 heterocycles. The summed E-state index contributed by atoms with van der Waals surface area (Å²) in [5, 5.41) is 9.86. The number of nitrogens with zero attached hydrogens (tertiary/aromatic N) is 1. The smallest absolute Gasteiger partial charge is 0.129 e. The van der Waals surface area contributed by atoms with Crippen molar-refractivity contribution in [2.75, 3.05) is 20.1 Å². The highest BCUT2D eigenvalue weighted by Gasteiger charge is 2.07. The van der Waals surface area contributed by atoms with E-state index in [1.807, 2.05) is 0 Å². The molecule has 0 aromatic carbocycles. The van der Waals surface area contributed by atoms with E-state index in [-0.39, 0.29) is 11.9 Å². The van der Waals surface area contributed by atoms with Crippen LogP contribution in [0.1, 0.15) is 65.2 Å². The topological polar surface area (TPSA) is 40.5 Å². The van der Waals surface area contributed by atoms with Gasteiger partial charge in [-0.05, 0) is 39.8 Å². The number of hydrogen-bond donors (Lipinski definition) is 1. The predicted octanol–water partition coefficient (Wildman–Crippen LogP) is 3.01. The van der Waals surface area contributed by atoms with Crippen LogP contribution < -0.4 is 0 Å². The zero-order chi connectivity index (χ0) is 13.8. The van der Waals surface area contributed by atoms with E-state index in [4.69, 9.17) is 0 Å². The number of carbonyl (C=O) groups excluding carboxylic acids is 1. The first-order valence-corrected chi connectivity index (χ1v) is 7.42. The summed E-state index contributed by atoms with van der Waals surface area (Å²) < 4.78 is 0.